The lowest BCUT2D eigenvalue weighted by molar-refractivity contribution is -0.111. The normalized spacial score (nSPS) is 20.2. The number of ether oxygens (including phenoxy) is 1. The second kappa shape index (κ2) is 11.8. The highest BCUT2D eigenvalue weighted by atomic mass is 16.5. The molecule has 10 nitrogen and oxygen atoms in total. The van der Waals surface area contributed by atoms with Crippen LogP contribution in [-0.4, -0.2) is 68.6 Å². The van der Waals surface area contributed by atoms with Crippen LogP contribution in [0.4, 0.5) is 16.4 Å². The van der Waals surface area contributed by atoms with Crippen molar-refractivity contribution in [2.45, 2.75) is 83.1 Å². The van der Waals surface area contributed by atoms with Crippen LogP contribution >= 0.6 is 0 Å². The van der Waals surface area contributed by atoms with Crippen molar-refractivity contribution >= 4 is 17.7 Å². The number of urea groups is 1. The molecular formula is C31H42N8O2. The van der Waals surface area contributed by atoms with Crippen LogP contribution in [0.2, 0.25) is 0 Å². The topological polar surface area (TPSA) is 109 Å². The minimum Gasteiger partial charge on any atom is -0.369 e. The van der Waals surface area contributed by atoms with Crippen molar-refractivity contribution in [3.8, 4) is 11.3 Å². The summed E-state index contributed by atoms with van der Waals surface area (Å²) in [6.07, 6.45) is 12.1. The quantitative estimate of drug-likeness (QED) is 0.366. The van der Waals surface area contributed by atoms with Crippen molar-refractivity contribution in [1.82, 2.24) is 35.3 Å². The summed E-state index contributed by atoms with van der Waals surface area (Å²) >= 11 is 0. The molecule has 4 heterocycles. The predicted molar refractivity (Wildman–Crippen MR) is 159 cm³/mol. The van der Waals surface area contributed by atoms with Crippen molar-refractivity contribution in [3.63, 3.8) is 0 Å². The molecule has 10 heteroatoms. The molecule has 3 aliphatic rings. The number of carbonyl (C=O) groups is 1. The van der Waals surface area contributed by atoms with Crippen LogP contribution < -0.4 is 16.0 Å². The number of hydrogen-bond acceptors (Lipinski definition) is 7. The van der Waals surface area contributed by atoms with E-state index in [1.54, 1.807) is 6.20 Å². The molecular weight excluding hydrogens is 516 g/mol. The first kappa shape index (κ1) is 27.7. The van der Waals surface area contributed by atoms with Crippen molar-refractivity contribution < 1.29 is 9.53 Å². The van der Waals surface area contributed by atoms with Crippen LogP contribution in [0.1, 0.15) is 76.1 Å². The van der Waals surface area contributed by atoms with Crippen LogP contribution in [0.15, 0.2) is 42.9 Å². The van der Waals surface area contributed by atoms with Gasteiger partial charge in [-0.1, -0.05) is 18.6 Å². The van der Waals surface area contributed by atoms with Crippen molar-refractivity contribution in [2.75, 3.05) is 31.5 Å². The number of nitrogens with one attached hydrogen (secondary N) is 3. The number of rotatable bonds is 6. The molecule has 3 aromatic rings. The molecule has 0 bridgehead atoms. The van der Waals surface area contributed by atoms with Gasteiger partial charge in [0.2, 0.25) is 5.95 Å². The van der Waals surface area contributed by atoms with E-state index in [2.05, 4.69) is 69.7 Å². The Morgan fingerprint density at radius 2 is 1.93 bits per heavy atom. The molecule has 1 atom stereocenters. The monoisotopic (exact) mass is 558 g/mol. The van der Waals surface area contributed by atoms with E-state index in [-0.39, 0.29) is 23.8 Å². The summed E-state index contributed by atoms with van der Waals surface area (Å²) < 4.78 is 8.05. The van der Waals surface area contributed by atoms with E-state index in [0.717, 1.165) is 68.6 Å². The third kappa shape index (κ3) is 6.70. The van der Waals surface area contributed by atoms with E-state index in [1.807, 2.05) is 23.4 Å². The number of fused-ring (bicyclic) bond motifs is 1. The zero-order chi connectivity index (χ0) is 28.4. The van der Waals surface area contributed by atoms with Crippen molar-refractivity contribution in [2.24, 2.45) is 0 Å². The number of likely N-dealkylation sites (tertiary alicyclic amines) is 1. The predicted octanol–water partition coefficient (Wildman–Crippen LogP) is 4.98. The van der Waals surface area contributed by atoms with Crippen LogP contribution in [0.25, 0.3) is 11.3 Å². The molecule has 1 aromatic carbocycles. The van der Waals surface area contributed by atoms with Gasteiger partial charge < -0.3 is 25.6 Å². The number of amides is 2. The molecule has 2 saturated heterocycles. The summed E-state index contributed by atoms with van der Waals surface area (Å²) in [5.74, 6) is 0.552. The standard InChI is InChI=1S/C31H42N8O2/c1-31(2,3)41-25-19-38(20-25)30(40)37-28-7-5-4-6-21-16-22(8-9-26(21)28)27-12-15-33-29(36-27)35-23-17-34-39(18-23)24-10-13-32-14-11-24/h8-9,12,15-18,24-25,28,32H,4-7,10-11,13-14,19-20H2,1-3H3,(H,37,40)(H,33,35,36). The molecule has 6 rings (SSSR count). The summed E-state index contributed by atoms with van der Waals surface area (Å²) in [5.41, 5.74) is 5.10. The van der Waals surface area contributed by atoms with Gasteiger partial charge in [-0.3, -0.25) is 4.68 Å². The lowest BCUT2D eigenvalue weighted by atomic mass is 9.95. The van der Waals surface area contributed by atoms with Gasteiger partial charge in [-0.15, -0.1) is 0 Å². The Kier molecular flexibility index (Phi) is 7.94. The Labute approximate surface area is 242 Å². The third-order valence-corrected chi connectivity index (χ3v) is 8.15. The summed E-state index contributed by atoms with van der Waals surface area (Å²) in [6, 6.07) is 8.89. The molecule has 0 saturated carbocycles. The Hall–Kier alpha value is -3.50. The molecule has 2 aliphatic heterocycles. The van der Waals surface area contributed by atoms with Gasteiger partial charge in [-0.05, 0) is 89.2 Å². The molecule has 41 heavy (non-hydrogen) atoms. The first-order valence-electron chi connectivity index (χ1n) is 15.0. The number of piperidine rings is 1. The van der Waals surface area contributed by atoms with Gasteiger partial charge in [0.05, 0.1) is 54.5 Å². The van der Waals surface area contributed by atoms with Crippen molar-refractivity contribution in [1.29, 1.82) is 0 Å². The van der Waals surface area contributed by atoms with E-state index in [9.17, 15) is 4.79 Å². The highest BCUT2D eigenvalue weighted by molar-refractivity contribution is 5.76. The van der Waals surface area contributed by atoms with Gasteiger partial charge in [0.25, 0.3) is 0 Å². The maximum absolute atomic E-state index is 13.0. The zero-order valence-electron chi connectivity index (χ0n) is 24.4. The third-order valence-electron chi connectivity index (χ3n) is 8.15. The first-order chi connectivity index (χ1) is 19.8. The number of aromatic nitrogens is 4. The van der Waals surface area contributed by atoms with Gasteiger partial charge in [0, 0.05) is 18.0 Å². The number of benzene rings is 1. The molecule has 3 N–H and O–H groups in total. The minimum absolute atomic E-state index is 0.00400. The summed E-state index contributed by atoms with van der Waals surface area (Å²) in [5, 5.41) is 14.6. The minimum atomic E-state index is -0.193. The van der Waals surface area contributed by atoms with E-state index in [4.69, 9.17) is 9.72 Å². The van der Waals surface area contributed by atoms with Gasteiger partial charge in [-0.25, -0.2) is 14.8 Å². The Morgan fingerprint density at radius 3 is 2.73 bits per heavy atom. The number of carbonyl (C=O) groups excluding carboxylic acids is 1. The average Bonchev–Trinajstić information content (AvgIpc) is 3.31. The Morgan fingerprint density at radius 1 is 1.10 bits per heavy atom. The van der Waals surface area contributed by atoms with Gasteiger partial charge in [-0.2, -0.15) is 5.10 Å². The number of hydrogen-bond donors (Lipinski definition) is 3. The summed E-state index contributed by atoms with van der Waals surface area (Å²) in [7, 11) is 0. The second-order valence-electron chi connectivity index (χ2n) is 12.5. The molecule has 1 unspecified atom stereocenters. The highest BCUT2D eigenvalue weighted by Crippen LogP contribution is 2.33. The Bertz CT molecular complexity index is 1350. The Balaban J connectivity index is 1.12. The maximum Gasteiger partial charge on any atom is 0.318 e. The van der Waals surface area contributed by atoms with Crippen LogP contribution in [0.3, 0.4) is 0 Å². The molecule has 0 spiro atoms. The highest BCUT2D eigenvalue weighted by Gasteiger charge is 2.35. The fourth-order valence-electron chi connectivity index (χ4n) is 6.09. The molecule has 2 aromatic heterocycles. The van der Waals surface area contributed by atoms with Crippen molar-refractivity contribution in [3.05, 3.63) is 54.0 Å². The lowest BCUT2D eigenvalue weighted by Gasteiger charge is -2.42. The average molecular weight is 559 g/mol. The summed E-state index contributed by atoms with van der Waals surface area (Å²) in [4.78, 5) is 24.1. The molecule has 218 valence electrons. The molecule has 0 radical (unpaired) electrons. The van der Waals surface area contributed by atoms with E-state index in [1.165, 1.54) is 11.1 Å². The number of anilines is 2. The van der Waals surface area contributed by atoms with Gasteiger partial charge in [0.1, 0.15) is 0 Å². The number of nitrogens with zero attached hydrogens (tertiary/aromatic N) is 5. The maximum atomic E-state index is 13.0. The molecule has 2 fully saturated rings. The van der Waals surface area contributed by atoms with E-state index >= 15 is 0 Å². The second-order valence-corrected chi connectivity index (χ2v) is 12.5. The smallest absolute Gasteiger partial charge is 0.318 e. The SMILES string of the molecule is CC(C)(C)OC1CN(C(=O)NC2CCCCc3cc(-c4ccnc(Nc5cnn(C6CCNCC6)c5)n4)ccc32)C1. The lowest BCUT2D eigenvalue weighted by Crippen LogP contribution is -2.59. The van der Waals surface area contributed by atoms with E-state index < -0.39 is 0 Å². The van der Waals surface area contributed by atoms with Gasteiger partial charge in [0.15, 0.2) is 0 Å². The first-order valence-corrected chi connectivity index (χ1v) is 15.0. The fourth-order valence-corrected chi connectivity index (χ4v) is 6.09. The van der Waals surface area contributed by atoms with Gasteiger partial charge >= 0.3 is 6.03 Å². The zero-order valence-corrected chi connectivity index (χ0v) is 24.4. The van der Waals surface area contributed by atoms with Crippen LogP contribution in [-0.2, 0) is 11.2 Å². The van der Waals surface area contributed by atoms with Crippen LogP contribution in [0.5, 0.6) is 0 Å². The fraction of sp³-hybridized carbons (Fsp3) is 0.548. The molecule has 1 aliphatic carbocycles. The largest absolute Gasteiger partial charge is 0.369 e. The van der Waals surface area contributed by atoms with Crippen LogP contribution in [0, 0.1) is 0 Å². The number of aryl methyl sites for hydroxylation is 1. The molecule has 2 amide bonds. The van der Waals surface area contributed by atoms with E-state index in [0.29, 0.717) is 25.1 Å². The summed E-state index contributed by atoms with van der Waals surface area (Å²) in [6.45, 7) is 9.50.